The molecule has 0 aliphatic carbocycles. The average molecular weight is 255 g/mol. The minimum atomic E-state index is -0.0514. The van der Waals surface area contributed by atoms with Gasteiger partial charge in [-0.05, 0) is 5.56 Å². The molecule has 1 aromatic heterocycles. The van der Waals surface area contributed by atoms with Gasteiger partial charge in [-0.25, -0.2) is 4.98 Å². The molecule has 2 heterocycles. The summed E-state index contributed by atoms with van der Waals surface area (Å²) in [7, 11) is 0. The van der Waals surface area contributed by atoms with E-state index >= 15 is 0 Å². The predicted octanol–water partition coefficient (Wildman–Crippen LogP) is 1.05. The molecule has 19 heavy (non-hydrogen) atoms. The van der Waals surface area contributed by atoms with Crippen molar-refractivity contribution < 1.29 is 0 Å². The number of H-pyrrole nitrogens is 1. The number of hydrogen-bond acceptors (Lipinski definition) is 3. The van der Waals surface area contributed by atoms with Crippen LogP contribution in [0.4, 0.5) is 0 Å². The van der Waals surface area contributed by atoms with Crippen molar-refractivity contribution in [3.63, 3.8) is 0 Å². The largest absolute Gasteiger partial charge is 0.323 e. The molecular weight excluding hydrogens is 238 g/mol. The highest BCUT2D eigenvalue weighted by Crippen LogP contribution is 2.09. The Morgan fingerprint density at radius 2 is 1.89 bits per heavy atom. The molecule has 2 aromatic rings. The van der Waals surface area contributed by atoms with Gasteiger partial charge in [-0.3, -0.25) is 4.79 Å². The van der Waals surface area contributed by atoms with E-state index < -0.39 is 0 Å². The van der Waals surface area contributed by atoms with Crippen molar-refractivity contribution in [3.8, 4) is 0 Å². The Morgan fingerprint density at radius 3 is 2.74 bits per heavy atom. The van der Waals surface area contributed by atoms with Crippen LogP contribution in [-0.4, -0.2) is 23.1 Å². The summed E-state index contributed by atoms with van der Waals surface area (Å²) in [6.45, 7) is 1.83. The van der Waals surface area contributed by atoms with Crippen LogP contribution in [0.25, 0.3) is 0 Å². The Kier molecular flexibility index (Phi) is 3.42. The lowest BCUT2D eigenvalue weighted by molar-refractivity contribution is 0.706. The fourth-order valence-electron chi connectivity index (χ4n) is 2.43. The number of fused-ring (bicyclic) bond motifs is 1. The molecule has 4 nitrogen and oxygen atoms in total. The zero-order chi connectivity index (χ0) is 13.1. The summed E-state index contributed by atoms with van der Waals surface area (Å²) in [6.07, 6.45) is 2.33. The zero-order valence-electron chi connectivity index (χ0n) is 10.8. The van der Waals surface area contributed by atoms with Gasteiger partial charge in [0.25, 0.3) is 5.56 Å². The Labute approximate surface area is 111 Å². The van der Waals surface area contributed by atoms with E-state index in [1.165, 1.54) is 0 Å². The summed E-state index contributed by atoms with van der Waals surface area (Å²) in [5, 5.41) is 3.32. The van der Waals surface area contributed by atoms with E-state index in [0.717, 1.165) is 42.9 Å². The van der Waals surface area contributed by atoms with Crippen LogP contribution in [0.2, 0.25) is 0 Å². The zero-order valence-corrected chi connectivity index (χ0v) is 10.8. The van der Waals surface area contributed by atoms with Crippen LogP contribution in [0.3, 0.4) is 0 Å². The van der Waals surface area contributed by atoms with E-state index in [2.05, 4.69) is 15.3 Å². The molecule has 0 saturated carbocycles. The third kappa shape index (κ3) is 2.74. The van der Waals surface area contributed by atoms with Crippen LogP contribution >= 0.6 is 0 Å². The normalized spacial score (nSPS) is 14.7. The van der Waals surface area contributed by atoms with Crippen molar-refractivity contribution in [2.24, 2.45) is 0 Å². The van der Waals surface area contributed by atoms with Crippen LogP contribution in [0.5, 0.6) is 0 Å². The van der Waals surface area contributed by atoms with Gasteiger partial charge >= 0.3 is 0 Å². The summed E-state index contributed by atoms with van der Waals surface area (Å²) in [5.74, 6) is 0. The predicted molar refractivity (Wildman–Crippen MR) is 74.4 cm³/mol. The molecule has 1 aliphatic rings. The van der Waals surface area contributed by atoms with Crippen LogP contribution in [0.15, 0.2) is 35.1 Å². The summed E-state index contributed by atoms with van der Waals surface area (Å²) < 4.78 is 0. The van der Waals surface area contributed by atoms with Gasteiger partial charge in [0, 0.05) is 38.0 Å². The number of benzene rings is 1. The second kappa shape index (κ2) is 5.36. The van der Waals surface area contributed by atoms with E-state index in [1.54, 1.807) is 0 Å². The second-order valence-electron chi connectivity index (χ2n) is 4.85. The monoisotopic (exact) mass is 255 g/mol. The first-order chi connectivity index (χ1) is 9.33. The summed E-state index contributed by atoms with van der Waals surface area (Å²) in [5.41, 5.74) is 3.71. The second-order valence-corrected chi connectivity index (χ2v) is 4.85. The van der Waals surface area contributed by atoms with E-state index in [1.807, 2.05) is 30.3 Å². The van der Waals surface area contributed by atoms with Gasteiger partial charge in [0.1, 0.15) is 5.69 Å². The Morgan fingerprint density at radius 1 is 1.11 bits per heavy atom. The third-order valence-electron chi connectivity index (χ3n) is 3.45. The highest BCUT2D eigenvalue weighted by atomic mass is 16.1. The van der Waals surface area contributed by atoms with Gasteiger partial charge in [-0.1, -0.05) is 30.3 Å². The quantitative estimate of drug-likeness (QED) is 0.843. The number of aromatic nitrogens is 2. The van der Waals surface area contributed by atoms with Crippen molar-refractivity contribution in [2.75, 3.05) is 13.1 Å². The van der Waals surface area contributed by atoms with Crippen LogP contribution < -0.4 is 10.9 Å². The molecule has 0 radical (unpaired) electrons. The van der Waals surface area contributed by atoms with E-state index in [0.29, 0.717) is 12.1 Å². The van der Waals surface area contributed by atoms with E-state index in [4.69, 9.17) is 0 Å². The van der Waals surface area contributed by atoms with Crippen molar-refractivity contribution in [3.05, 3.63) is 63.3 Å². The maximum atomic E-state index is 12.1. The Hall–Kier alpha value is -1.94. The van der Waals surface area contributed by atoms with Gasteiger partial charge in [0.05, 0.1) is 5.69 Å². The van der Waals surface area contributed by atoms with Crippen LogP contribution in [-0.2, 0) is 19.3 Å². The van der Waals surface area contributed by atoms with E-state index in [-0.39, 0.29) is 5.56 Å². The molecule has 1 aliphatic heterocycles. The highest BCUT2D eigenvalue weighted by Gasteiger charge is 2.13. The van der Waals surface area contributed by atoms with Crippen molar-refractivity contribution in [2.45, 2.75) is 19.3 Å². The van der Waals surface area contributed by atoms with Gasteiger partial charge in [0.15, 0.2) is 0 Å². The van der Waals surface area contributed by atoms with Gasteiger partial charge in [-0.2, -0.15) is 0 Å². The standard InChI is InChI=1S/C15H17N3O/c19-15-14(10-11-4-2-1-3-5-11)17-12-6-8-16-9-7-13(12)18-15/h1-5,16H,6-10H2,(H,18,19). The molecule has 0 atom stereocenters. The lowest BCUT2D eigenvalue weighted by atomic mass is 10.1. The number of nitrogens with one attached hydrogen (secondary N) is 2. The molecule has 0 spiro atoms. The summed E-state index contributed by atoms with van der Waals surface area (Å²) >= 11 is 0. The first-order valence-electron chi connectivity index (χ1n) is 6.68. The van der Waals surface area contributed by atoms with Gasteiger partial charge < -0.3 is 10.3 Å². The smallest absolute Gasteiger partial charge is 0.270 e. The molecular formula is C15H17N3O. The highest BCUT2D eigenvalue weighted by molar-refractivity contribution is 5.23. The number of aromatic amines is 1. The van der Waals surface area contributed by atoms with Gasteiger partial charge in [-0.15, -0.1) is 0 Å². The SMILES string of the molecule is O=c1[nH]c2c(nc1Cc1ccccc1)CCNCC2. The molecule has 2 N–H and O–H groups in total. The van der Waals surface area contributed by atoms with Crippen LogP contribution in [0, 0.1) is 0 Å². The molecule has 3 rings (SSSR count). The first-order valence-corrected chi connectivity index (χ1v) is 6.68. The minimum absolute atomic E-state index is 0.0514. The molecule has 0 unspecified atom stereocenters. The number of hydrogen-bond donors (Lipinski definition) is 2. The van der Waals surface area contributed by atoms with Crippen molar-refractivity contribution in [1.29, 1.82) is 0 Å². The molecule has 1 aromatic carbocycles. The fraction of sp³-hybridized carbons (Fsp3) is 0.333. The fourth-order valence-corrected chi connectivity index (χ4v) is 2.43. The van der Waals surface area contributed by atoms with E-state index in [9.17, 15) is 4.79 Å². The lowest BCUT2D eigenvalue weighted by Crippen LogP contribution is -2.20. The Bertz CT molecular complexity index is 619. The lowest BCUT2D eigenvalue weighted by Gasteiger charge is -2.07. The molecule has 0 saturated heterocycles. The summed E-state index contributed by atoms with van der Waals surface area (Å²) in [4.78, 5) is 19.7. The van der Waals surface area contributed by atoms with Gasteiger partial charge in [0.2, 0.25) is 0 Å². The maximum absolute atomic E-state index is 12.1. The number of rotatable bonds is 2. The molecule has 4 heteroatoms. The Balaban J connectivity index is 1.94. The molecule has 0 bridgehead atoms. The maximum Gasteiger partial charge on any atom is 0.270 e. The summed E-state index contributed by atoms with van der Waals surface area (Å²) in [6, 6.07) is 9.99. The van der Waals surface area contributed by atoms with Crippen molar-refractivity contribution in [1.82, 2.24) is 15.3 Å². The minimum Gasteiger partial charge on any atom is -0.323 e. The molecule has 98 valence electrons. The van der Waals surface area contributed by atoms with Crippen molar-refractivity contribution >= 4 is 0 Å². The average Bonchev–Trinajstić information content (AvgIpc) is 2.65. The topological polar surface area (TPSA) is 57.8 Å². The number of nitrogens with zero attached hydrogens (tertiary/aromatic N) is 1. The third-order valence-corrected chi connectivity index (χ3v) is 3.45. The van der Waals surface area contributed by atoms with Crippen LogP contribution in [0.1, 0.15) is 22.6 Å². The molecule has 0 amide bonds. The first kappa shape index (κ1) is 12.1. The molecule has 0 fully saturated rings.